The summed E-state index contributed by atoms with van der Waals surface area (Å²) in [5.74, 6) is 0.336. The van der Waals surface area contributed by atoms with Gasteiger partial charge in [-0.15, -0.1) is 0 Å². The number of hydrogen-bond donors (Lipinski definition) is 1. The zero-order chi connectivity index (χ0) is 13.4. The van der Waals surface area contributed by atoms with E-state index in [0.717, 1.165) is 6.54 Å². The van der Waals surface area contributed by atoms with Crippen LogP contribution in [0.25, 0.3) is 0 Å². The highest BCUT2D eigenvalue weighted by atomic mass is 16.5. The van der Waals surface area contributed by atoms with Crippen molar-refractivity contribution in [2.75, 3.05) is 13.2 Å². The first-order valence-electron chi connectivity index (χ1n) is 6.50. The molecule has 0 aliphatic carbocycles. The van der Waals surface area contributed by atoms with Gasteiger partial charge in [-0.2, -0.15) is 5.10 Å². The van der Waals surface area contributed by atoms with Crippen molar-refractivity contribution in [1.82, 2.24) is 15.1 Å². The highest BCUT2D eigenvalue weighted by molar-refractivity contribution is 5.69. The summed E-state index contributed by atoms with van der Waals surface area (Å²) < 4.78 is 6.80. The maximum absolute atomic E-state index is 11.2. The molecule has 102 valence electrons. The molecule has 1 heterocycles. The van der Waals surface area contributed by atoms with Crippen molar-refractivity contribution in [3.63, 3.8) is 0 Å². The van der Waals surface area contributed by atoms with Crippen LogP contribution in [0, 0.1) is 5.92 Å². The molecule has 1 rings (SSSR count). The normalized spacial score (nSPS) is 12.7. The van der Waals surface area contributed by atoms with Gasteiger partial charge in [-0.05, 0) is 18.9 Å². The fourth-order valence-corrected chi connectivity index (χ4v) is 1.71. The number of hydrogen-bond acceptors (Lipinski definition) is 4. The van der Waals surface area contributed by atoms with Crippen molar-refractivity contribution in [1.29, 1.82) is 0 Å². The average molecular weight is 253 g/mol. The molecule has 0 aliphatic heterocycles. The summed E-state index contributed by atoms with van der Waals surface area (Å²) in [5.41, 5.74) is 0. The van der Waals surface area contributed by atoms with Gasteiger partial charge in [0.1, 0.15) is 0 Å². The van der Waals surface area contributed by atoms with Gasteiger partial charge in [-0.1, -0.05) is 13.8 Å². The highest BCUT2D eigenvalue weighted by Crippen LogP contribution is 2.04. The number of aromatic nitrogens is 2. The molecule has 1 atom stereocenters. The molecule has 1 N–H and O–H groups in total. The lowest BCUT2D eigenvalue weighted by Crippen LogP contribution is -2.39. The van der Waals surface area contributed by atoms with Crippen LogP contribution in [0.15, 0.2) is 18.5 Å². The van der Waals surface area contributed by atoms with Gasteiger partial charge in [-0.3, -0.25) is 9.48 Å². The van der Waals surface area contributed by atoms with E-state index >= 15 is 0 Å². The quantitative estimate of drug-likeness (QED) is 0.712. The van der Waals surface area contributed by atoms with Crippen LogP contribution < -0.4 is 5.32 Å². The molecule has 1 aromatic heterocycles. The zero-order valence-corrected chi connectivity index (χ0v) is 11.4. The van der Waals surface area contributed by atoms with E-state index in [9.17, 15) is 4.79 Å². The third-order valence-electron chi connectivity index (χ3n) is 2.79. The van der Waals surface area contributed by atoms with Crippen LogP contribution in [0.2, 0.25) is 0 Å². The van der Waals surface area contributed by atoms with E-state index < -0.39 is 0 Å². The molecule has 0 amide bonds. The smallest absolute Gasteiger partial charge is 0.307 e. The molecule has 0 aliphatic rings. The van der Waals surface area contributed by atoms with E-state index in [1.54, 1.807) is 6.20 Å². The number of carbonyl (C=O) groups is 1. The lowest BCUT2D eigenvalue weighted by atomic mass is 10.0. The molecule has 0 saturated heterocycles. The second-order valence-corrected chi connectivity index (χ2v) is 4.59. The Morgan fingerprint density at radius 3 is 2.83 bits per heavy atom. The van der Waals surface area contributed by atoms with Crippen molar-refractivity contribution < 1.29 is 9.53 Å². The van der Waals surface area contributed by atoms with Crippen LogP contribution in [0.1, 0.15) is 27.2 Å². The number of nitrogens with zero attached hydrogens (tertiary/aromatic N) is 2. The summed E-state index contributed by atoms with van der Waals surface area (Å²) in [7, 11) is 0. The number of ether oxygens (including phenoxy) is 1. The van der Waals surface area contributed by atoms with Crippen molar-refractivity contribution in [2.24, 2.45) is 5.92 Å². The fourth-order valence-electron chi connectivity index (χ4n) is 1.71. The second kappa shape index (κ2) is 7.87. The number of rotatable bonds is 8. The maximum Gasteiger partial charge on any atom is 0.307 e. The van der Waals surface area contributed by atoms with Gasteiger partial charge < -0.3 is 10.1 Å². The Morgan fingerprint density at radius 1 is 1.50 bits per heavy atom. The van der Waals surface area contributed by atoms with E-state index in [1.165, 1.54) is 0 Å². The van der Waals surface area contributed by atoms with Crippen molar-refractivity contribution in [3.8, 4) is 0 Å². The Morgan fingerprint density at radius 2 is 2.28 bits per heavy atom. The minimum absolute atomic E-state index is 0.147. The Bertz CT molecular complexity index is 336. The summed E-state index contributed by atoms with van der Waals surface area (Å²) in [6.45, 7) is 8.03. The summed E-state index contributed by atoms with van der Waals surface area (Å²) >= 11 is 0. The minimum Gasteiger partial charge on any atom is -0.466 e. The van der Waals surface area contributed by atoms with Crippen molar-refractivity contribution in [3.05, 3.63) is 18.5 Å². The third kappa shape index (κ3) is 5.31. The van der Waals surface area contributed by atoms with Gasteiger partial charge >= 0.3 is 5.97 Å². The Hall–Kier alpha value is -1.36. The zero-order valence-electron chi connectivity index (χ0n) is 11.4. The van der Waals surface area contributed by atoms with Crippen LogP contribution in [0.3, 0.4) is 0 Å². The van der Waals surface area contributed by atoms with Crippen LogP contribution in [-0.2, 0) is 16.1 Å². The van der Waals surface area contributed by atoms with Crippen LogP contribution >= 0.6 is 0 Å². The van der Waals surface area contributed by atoms with Crippen LogP contribution in [0.5, 0.6) is 0 Å². The van der Waals surface area contributed by atoms with Crippen molar-refractivity contribution >= 4 is 5.97 Å². The molecule has 0 saturated carbocycles. The fraction of sp³-hybridized carbons (Fsp3) is 0.692. The summed E-state index contributed by atoms with van der Waals surface area (Å²) in [6, 6.07) is 2.22. The predicted molar refractivity (Wildman–Crippen MR) is 70.1 cm³/mol. The van der Waals surface area contributed by atoms with E-state index in [2.05, 4.69) is 24.3 Å². The van der Waals surface area contributed by atoms with Crippen LogP contribution in [-0.4, -0.2) is 34.9 Å². The topological polar surface area (TPSA) is 56.1 Å². The van der Waals surface area contributed by atoms with Gasteiger partial charge in [0.25, 0.3) is 0 Å². The minimum atomic E-state index is -0.147. The molecular weight excluding hydrogens is 230 g/mol. The monoisotopic (exact) mass is 253 g/mol. The molecule has 5 nitrogen and oxygen atoms in total. The molecular formula is C13H23N3O2. The number of esters is 1. The van der Waals surface area contributed by atoms with Gasteiger partial charge in [0.2, 0.25) is 0 Å². The molecule has 18 heavy (non-hydrogen) atoms. The van der Waals surface area contributed by atoms with E-state index in [0.29, 0.717) is 31.5 Å². The standard InChI is InChI=1S/C13H23N3O2/c1-4-18-13(17)6-8-14-12(11(2)3)10-16-9-5-7-15-16/h5,7,9,11-12,14H,4,6,8,10H2,1-3H3. The van der Waals surface area contributed by atoms with E-state index in [1.807, 2.05) is 23.9 Å². The first-order valence-corrected chi connectivity index (χ1v) is 6.50. The van der Waals surface area contributed by atoms with E-state index in [4.69, 9.17) is 4.74 Å². The SMILES string of the molecule is CCOC(=O)CCNC(Cn1cccn1)C(C)C. The van der Waals surface area contributed by atoms with Crippen molar-refractivity contribution in [2.45, 2.75) is 39.8 Å². The highest BCUT2D eigenvalue weighted by Gasteiger charge is 2.14. The summed E-state index contributed by atoms with van der Waals surface area (Å²) in [4.78, 5) is 11.2. The molecule has 0 fully saturated rings. The van der Waals surface area contributed by atoms with Gasteiger partial charge in [-0.25, -0.2) is 0 Å². The lowest BCUT2D eigenvalue weighted by Gasteiger charge is -2.22. The molecule has 0 aromatic carbocycles. The largest absolute Gasteiger partial charge is 0.466 e. The van der Waals surface area contributed by atoms with Crippen LogP contribution in [0.4, 0.5) is 0 Å². The molecule has 0 bridgehead atoms. The molecule has 5 heteroatoms. The number of nitrogens with one attached hydrogen (secondary N) is 1. The van der Waals surface area contributed by atoms with E-state index in [-0.39, 0.29) is 5.97 Å². The van der Waals surface area contributed by atoms with Gasteiger partial charge in [0.15, 0.2) is 0 Å². The Balaban J connectivity index is 2.32. The second-order valence-electron chi connectivity index (χ2n) is 4.59. The molecule has 0 radical (unpaired) electrons. The Labute approximate surface area is 109 Å². The lowest BCUT2D eigenvalue weighted by molar-refractivity contribution is -0.143. The maximum atomic E-state index is 11.2. The molecule has 1 unspecified atom stereocenters. The first kappa shape index (κ1) is 14.7. The first-order chi connectivity index (χ1) is 8.63. The predicted octanol–water partition coefficient (Wildman–Crippen LogP) is 1.45. The third-order valence-corrected chi connectivity index (χ3v) is 2.79. The van der Waals surface area contributed by atoms with Gasteiger partial charge in [0.05, 0.1) is 19.6 Å². The Kier molecular flexibility index (Phi) is 6.43. The summed E-state index contributed by atoms with van der Waals surface area (Å²) in [5, 5.41) is 7.58. The molecule has 0 spiro atoms. The number of carbonyl (C=O) groups excluding carboxylic acids is 1. The van der Waals surface area contributed by atoms with Gasteiger partial charge in [0, 0.05) is 25.0 Å². The average Bonchev–Trinajstić information content (AvgIpc) is 2.80. The molecule has 1 aromatic rings. The summed E-state index contributed by atoms with van der Waals surface area (Å²) in [6.07, 6.45) is 4.13.